The van der Waals surface area contributed by atoms with Gasteiger partial charge in [0.2, 0.25) is 5.71 Å². The van der Waals surface area contributed by atoms with E-state index < -0.39 is 0 Å². The summed E-state index contributed by atoms with van der Waals surface area (Å²) in [5.74, 6) is 0. The standard InChI is InChI=1S/C27H21N2O.C11H8N.Ir/c1-2-7-18(8-3-1)15-21-13-14-23-22-11-6-12-24(26(22)30-27(23)29-21)25-16-19-9-4-5-10-20(19)17-28-25;1-2-6-10(7-3-1)11-8-4-5-9-12-11;/h1-3,6-8,11,13-14,16-17H,4-5,9-10,15H2;1-6,8-9H;/q2*-1;. The van der Waals surface area contributed by atoms with Crippen molar-refractivity contribution in [1.82, 2.24) is 15.0 Å². The third-order valence-electron chi connectivity index (χ3n) is 7.72. The second-order valence-electron chi connectivity index (χ2n) is 10.6. The molecule has 1 aliphatic rings. The van der Waals surface area contributed by atoms with Gasteiger partial charge in [0.1, 0.15) is 0 Å². The fourth-order valence-electron chi connectivity index (χ4n) is 5.58. The molecule has 0 fully saturated rings. The van der Waals surface area contributed by atoms with E-state index in [1.54, 1.807) is 6.20 Å². The summed E-state index contributed by atoms with van der Waals surface area (Å²) in [7, 11) is 0. The van der Waals surface area contributed by atoms with Crippen molar-refractivity contribution in [3.63, 3.8) is 0 Å². The number of benzene rings is 3. The first kappa shape index (κ1) is 28.7. The average Bonchev–Trinajstić information content (AvgIpc) is 3.44. The molecule has 1 radical (unpaired) electrons. The van der Waals surface area contributed by atoms with Crippen molar-refractivity contribution in [2.24, 2.45) is 0 Å². The van der Waals surface area contributed by atoms with E-state index in [9.17, 15) is 0 Å². The largest absolute Gasteiger partial charge is 0.486 e. The smallest absolute Gasteiger partial charge is 0.216 e. The average molecular weight is 736 g/mol. The summed E-state index contributed by atoms with van der Waals surface area (Å²) in [6.07, 6.45) is 9.39. The van der Waals surface area contributed by atoms with Crippen LogP contribution in [0.5, 0.6) is 0 Å². The van der Waals surface area contributed by atoms with E-state index in [0.29, 0.717) is 5.71 Å². The molecular formula is C38H29IrN3O-2. The predicted octanol–water partition coefficient (Wildman–Crippen LogP) is 8.86. The summed E-state index contributed by atoms with van der Waals surface area (Å²) in [4.78, 5) is 13.8. The first-order chi connectivity index (χ1) is 20.8. The summed E-state index contributed by atoms with van der Waals surface area (Å²) in [5, 5.41) is 2.10. The molecule has 0 bridgehead atoms. The second kappa shape index (κ2) is 13.2. The first-order valence-corrected chi connectivity index (χ1v) is 14.4. The number of furan rings is 1. The minimum atomic E-state index is 0. The van der Waals surface area contributed by atoms with E-state index in [0.717, 1.165) is 63.8 Å². The van der Waals surface area contributed by atoms with Crippen molar-refractivity contribution in [3.05, 3.63) is 150 Å². The van der Waals surface area contributed by atoms with Crippen LogP contribution in [0.4, 0.5) is 0 Å². The monoisotopic (exact) mass is 736 g/mol. The molecule has 8 rings (SSSR count). The molecule has 0 unspecified atom stereocenters. The van der Waals surface area contributed by atoms with Crippen molar-refractivity contribution in [1.29, 1.82) is 0 Å². The molecule has 4 aromatic heterocycles. The van der Waals surface area contributed by atoms with E-state index in [2.05, 4.69) is 65.6 Å². The second-order valence-corrected chi connectivity index (χ2v) is 10.6. The molecule has 1 aliphatic carbocycles. The Bertz CT molecular complexity index is 1920. The summed E-state index contributed by atoms with van der Waals surface area (Å²) in [6.45, 7) is 0. The maximum absolute atomic E-state index is 6.28. The molecule has 3 aromatic carbocycles. The SMILES string of the molecule is [Ir].[c-]1ccc2c(oc3nc(Cc4ccccc4)ccc32)c1-c1cc2c(cn1)CCCC2.[c-]1ccccc1-c1ccccn1. The van der Waals surface area contributed by atoms with Crippen LogP contribution in [-0.4, -0.2) is 15.0 Å². The summed E-state index contributed by atoms with van der Waals surface area (Å²) in [5.41, 5.74) is 10.4. The van der Waals surface area contributed by atoms with Gasteiger partial charge in [-0.15, -0.1) is 54.1 Å². The number of nitrogens with zero attached hydrogens (tertiary/aromatic N) is 3. The van der Waals surface area contributed by atoms with Gasteiger partial charge in [-0.3, -0.25) is 0 Å². The topological polar surface area (TPSA) is 51.8 Å². The Kier molecular flexibility index (Phi) is 8.83. The van der Waals surface area contributed by atoms with Crippen LogP contribution in [-0.2, 0) is 39.4 Å². The van der Waals surface area contributed by atoms with Gasteiger partial charge in [-0.25, -0.2) is 4.98 Å². The Morgan fingerprint density at radius 3 is 2.35 bits per heavy atom. The summed E-state index contributed by atoms with van der Waals surface area (Å²) in [6, 6.07) is 41.0. The molecule has 7 aromatic rings. The van der Waals surface area contributed by atoms with Crippen LogP contribution in [0.25, 0.3) is 44.6 Å². The molecule has 0 amide bonds. The number of pyridine rings is 3. The van der Waals surface area contributed by atoms with Crippen molar-refractivity contribution < 1.29 is 24.5 Å². The molecule has 0 atom stereocenters. The Hall–Kier alpha value is -4.44. The molecule has 0 saturated carbocycles. The van der Waals surface area contributed by atoms with Gasteiger partial charge in [0, 0.05) is 50.0 Å². The zero-order valence-corrected chi connectivity index (χ0v) is 26.0. The van der Waals surface area contributed by atoms with E-state index in [-0.39, 0.29) is 20.1 Å². The van der Waals surface area contributed by atoms with Gasteiger partial charge in [0.15, 0.2) is 0 Å². The third kappa shape index (κ3) is 6.34. The maximum Gasteiger partial charge on any atom is 0.216 e. The van der Waals surface area contributed by atoms with Crippen LogP contribution in [0.1, 0.15) is 35.2 Å². The minimum absolute atomic E-state index is 0. The molecule has 4 nitrogen and oxygen atoms in total. The third-order valence-corrected chi connectivity index (χ3v) is 7.72. The fraction of sp³-hybridized carbons (Fsp3) is 0.132. The number of aryl methyl sites for hydroxylation is 2. The van der Waals surface area contributed by atoms with Crippen LogP contribution in [0, 0.1) is 12.1 Å². The van der Waals surface area contributed by atoms with E-state index >= 15 is 0 Å². The van der Waals surface area contributed by atoms with E-state index in [1.807, 2.05) is 60.8 Å². The van der Waals surface area contributed by atoms with Gasteiger partial charge in [0.25, 0.3) is 0 Å². The van der Waals surface area contributed by atoms with Crippen LogP contribution >= 0.6 is 0 Å². The number of aromatic nitrogens is 3. The van der Waals surface area contributed by atoms with Crippen molar-refractivity contribution in [3.8, 4) is 22.5 Å². The summed E-state index contributed by atoms with van der Waals surface area (Å²) >= 11 is 0. The zero-order valence-electron chi connectivity index (χ0n) is 23.6. The Balaban J connectivity index is 0.000000213. The van der Waals surface area contributed by atoms with Crippen LogP contribution in [0.15, 0.2) is 120 Å². The van der Waals surface area contributed by atoms with Gasteiger partial charge in [-0.05, 0) is 66.4 Å². The molecule has 0 aliphatic heterocycles. The maximum atomic E-state index is 6.28. The number of rotatable bonds is 4. The van der Waals surface area contributed by atoms with Gasteiger partial charge in [0.05, 0.1) is 5.58 Å². The van der Waals surface area contributed by atoms with Crippen LogP contribution in [0.2, 0.25) is 0 Å². The molecule has 0 saturated heterocycles. The molecule has 5 heteroatoms. The van der Waals surface area contributed by atoms with Gasteiger partial charge >= 0.3 is 0 Å². The predicted molar refractivity (Wildman–Crippen MR) is 168 cm³/mol. The minimum Gasteiger partial charge on any atom is -0.486 e. The number of hydrogen-bond donors (Lipinski definition) is 0. The molecule has 4 heterocycles. The van der Waals surface area contributed by atoms with Crippen molar-refractivity contribution in [2.75, 3.05) is 0 Å². The zero-order chi connectivity index (χ0) is 28.1. The molecule has 43 heavy (non-hydrogen) atoms. The van der Waals surface area contributed by atoms with E-state index in [1.165, 1.54) is 29.5 Å². The van der Waals surface area contributed by atoms with Crippen molar-refractivity contribution >= 4 is 22.1 Å². The molecule has 0 N–H and O–H groups in total. The Morgan fingerprint density at radius 1 is 0.698 bits per heavy atom. The fourth-order valence-corrected chi connectivity index (χ4v) is 5.58. The van der Waals surface area contributed by atoms with Crippen molar-refractivity contribution in [2.45, 2.75) is 32.1 Å². The van der Waals surface area contributed by atoms with E-state index in [4.69, 9.17) is 14.4 Å². The van der Waals surface area contributed by atoms with Gasteiger partial charge in [-0.1, -0.05) is 65.0 Å². The quantitative estimate of drug-likeness (QED) is 0.170. The molecule has 213 valence electrons. The summed E-state index contributed by atoms with van der Waals surface area (Å²) < 4.78 is 6.28. The molecule has 0 spiro atoms. The normalized spacial score (nSPS) is 12.2. The molecular weight excluding hydrogens is 707 g/mol. The van der Waals surface area contributed by atoms with Gasteiger partial charge in [-0.2, -0.15) is 0 Å². The van der Waals surface area contributed by atoms with Crippen LogP contribution in [0.3, 0.4) is 0 Å². The Labute approximate surface area is 265 Å². The van der Waals surface area contributed by atoms with Gasteiger partial charge < -0.3 is 14.4 Å². The first-order valence-electron chi connectivity index (χ1n) is 14.4. The Morgan fingerprint density at radius 2 is 1.53 bits per heavy atom. The number of hydrogen-bond acceptors (Lipinski definition) is 4. The van der Waals surface area contributed by atoms with Crippen LogP contribution < -0.4 is 0 Å². The number of fused-ring (bicyclic) bond motifs is 4.